The van der Waals surface area contributed by atoms with Crippen molar-refractivity contribution in [3.63, 3.8) is 0 Å². The van der Waals surface area contributed by atoms with Gasteiger partial charge in [0.2, 0.25) is 0 Å². The van der Waals surface area contributed by atoms with E-state index in [9.17, 15) is 4.79 Å². The van der Waals surface area contributed by atoms with Gasteiger partial charge in [-0.15, -0.1) is 6.42 Å². The molecule has 0 aromatic rings. The summed E-state index contributed by atoms with van der Waals surface area (Å²) in [5.41, 5.74) is 0. The van der Waals surface area contributed by atoms with Gasteiger partial charge in [0.25, 0.3) is 0 Å². The summed E-state index contributed by atoms with van der Waals surface area (Å²) < 4.78 is 9.13. The van der Waals surface area contributed by atoms with Crippen molar-refractivity contribution in [2.75, 3.05) is 7.11 Å². The van der Waals surface area contributed by atoms with E-state index in [2.05, 4.69) is 17.6 Å². The van der Waals surface area contributed by atoms with Gasteiger partial charge in [0.1, 0.15) is 0 Å². The topological polar surface area (TPSA) is 35.5 Å². The Bertz CT molecular complexity index is 181. The van der Waals surface area contributed by atoms with Crippen LogP contribution in [0.15, 0.2) is 0 Å². The van der Waals surface area contributed by atoms with E-state index in [1.165, 1.54) is 7.11 Å². The Kier molecular flexibility index (Phi) is 6.80. The molecule has 0 spiro atoms. The molecule has 0 rings (SSSR count). The van der Waals surface area contributed by atoms with Gasteiger partial charge in [-0.3, -0.25) is 0 Å². The monoisotopic (exact) mass is 184 g/mol. The fourth-order valence-electron chi connectivity index (χ4n) is 0.920. The number of carbonyl (C=O) groups excluding carboxylic acids is 1. The summed E-state index contributed by atoms with van der Waals surface area (Å²) in [6, 6.07) is 0. The van der Waals surface area contributed by atoms with E-state index < -0.39 is 12.3 Å². The minimum absolute atomic E-state index is 0.445. The van der Waals surface area contributed by atoms with Crippen LogP contribution in [0.5, 0.6) is 0 Å². The fourth-order valence-corrected chi connectivity index (χ4v) is 0.920. The van der Waals surface area contributed by atoms with Crippen LogP contribution in [0.2, 0.25) is 0 Å². The molecule has 1 atom stereocenters. The molecular weight excluding hydrogens is 168 g/mol. The zero-order valence-electron chi connectivity index (χ0n) is 8.21. The van der Waals surface area contributed by atoms with Crippen LogP contribution in [0, 0.1) is 12.3 Å². The predicted molar refractivity (Wildman–Crippen MR) is 50.3 cm³/mol. The first-order valence-corrected chi connectivity index (χ1v) is 4.45. The molecule has 0 aromatic heterocycles. The molecular formula is C10H16O3. The van der Waals surface area contributed by atoms with Crippen molar-refractivity contribution in [1.82, 2.24) is 0 Å². The van der Waals surface area contributed by atoms with Crippen LogP contribution in [0.3, 0.4) is 0 Å². The van der Waals surface area contributed by atoms with Crippen molar-refractivity contribution >= 4 is 6.16 Å². The van der Waals surface area contributed by atoms with Crippen LogP contribution in [0.4, 0.5) is 4.79 Å². The number of rotatable bonds is 5. The van der Waals surface area contributed by atoms with E-state index in [0.717, 1.165) is 19.3 Å². The Morgan fingerprint density at radius 2 is 2.23 bits per heavy atom. The highest BCUT2D eigenvalue weighted by atomic mass is 16.7. The van der Waals surface area contributed by atoms with Crippen LogP contribution >= 0.6 is 0 Å². The number of hydrogen-bond donors (Lipinski definition) is 0. The molecule has 3 heteroatoms. The zero-order chi connectivity index (χ0) is 10.1. The van der Waals surface area contributed by atoms with Crippen LogP contribution in [0.1, 0.15) is 32.6 Å². The Morgan fingerprint density at radius 3 is 2.69 bits per heavy atom. The van der Waals surface area contributed by atoms with Gasteiger partial charge in [0, 0.05) is 0 Å². The van der Waals surface area contributed by atoms with Gasteiger partial charge >= 0.3 is 6.16 Å². The molecule has 13 heavy (non-hydrogen) atoms. The van der Waals surface area contributed by atoms with Crippen LogP contribution in [-0.4, -0.2) is 19.4 Å². The Hall–Kier alpha value is -1.17. The minimum atomic E-state index is -0.709. The quantitative estimate of drug-likeness (QED) is 0.374. The molecule has 0 aromatic carbocycles. The minimum Gasteiger partial charge on any atom is -0.438 e. The molecule has 0 N–H and O–H groups in total. The Balaban J connectivity index is 3.65. The van der Waals surface area contributed by atoms with Gasteiger partial charge in [0.05, 0.1) is 7.11 Å². The number of methoxy groups -OCH3 is 1. The number of unbranched alkanes of at least 4 members (excludes halogenated alkanes) is 2. The average Bonchev–Trinajstić information content (AvgIpc) is 2.16. The lowest BCUT2D eigenvalue weighted by atomic mass is 10.1. The highest BCUT2D eigenvalue weighted by Crippen LogP contribution is 2.06. The van der Waals surface area contributed by atoms with Crippen molar-refractivity contribution in [2.45, 2.75) is 38.7 Å². The van der Waals surface area contributed by atoms with E-state index in [1.807, 2.05) is 0 Å². The SMILES string of the molecule is C#C[C@@H](CCCCC)OC(=O)OC. The van der Waals surface area contributed by atoms with Crippen molar-refractivity contribution in [3.8, 4) is 12.3 Å². The van der Waals surface area contributed by atoms with Gasteiger partial charge in [0.15, 0.2) is 6.10 Å². The molecule has 0 fully saturated rings. The van der Waals surface area contributed by atoms with Crippen molar-refractivity contribution in [2.24, 2.45) is 0 Å². The van der Waals surface area contributed by atoms with Gasteiger partial charge in [-0.05, 0) is 12.8 Å². The molecule has 0 bridgehead atoms. The van der Waals surface area contributed by atoms with Crippen molar-refractivity contribution in [1.29, 1.82) is 0 Å². The second-order valence-electron chi connectivity index (χ2n) is 2.72. The van der Waals surface area contributed by atoms with Gasteiger partial charge in [-0.2, -0.15) is 0 Å². The third-order valence-corrected chi connectivity index (χ3v) is 1.66. The fraction of sp³-hybridized carbons (Fsp3) is 0.700. The van der Waals surface area contributed by atoms with E-state index in [4.69, 9.17) is 11.2 Å². The zero-order valence-corrected chi connectivity index (χ0v) is 8.21. The summed E-state index contributed by atoms with van der Waals surface area (Å²) in [6.07, 6.45) is 7.92. The van der Waals surface area contributed by atoms with Crippen molar-refractivity contribution in [3.05, 3.63) is 0 Å². The largest absolute Gasteiger partial charge is 0.509 e. The van der Waals surface area contributed by atoms with E-state index in [0.29, 0.717) is 6.42 Å². The summed E-state index contributed by atoms with van der Waals surface area (Å²) in [5, 5.41) is 0. The number of ether oxygens (including phenoxy) is 2. The first-order chi connectivity index (χ1) is 6.24. The highest BCUT2D eigenvalue weighted by Gasteiger charge is 2.10. The second kappa shape index (κ2) is 7.48. The Morgan fingerprint density at radius 1 is 1.54 bits per heavy atom. The number of hydrogen-bond acceptors (Lipinski definition) is 3. The molecule has 0 aliphatic carbocycles. The molecule has 0 unspecified atom stereocenters. The Labute approximate surface area is 79.4 Å². The highest BCUT2D eigenvalue weighted by molar-refractivity contribution is 5.60. The lowest BCUT2D eigenvalue weighted by Gasteiger charge is -2.10. The van der Waals surface area contributed by atoms with Gasteiger partial charge in [-0.1, -0.05) is 25.7 Å². The van der Waals surface area contributed by atoms with Gasteiger partial charge < -0.3 is 9.47 Å². The molecule has 0 amide bonds. The maximum absolute atomic E-state index is 10.7. The molecule has 3 nitrogen and oxygen atoms in total. The first kappa shape index (κ1) is 11.8. The molecule has 74 valence electrons. The molecule has 0 radical (unpaired) electrons. The summed E-state index contributed by atoms with van der Waals surface area (Å²) in [7, 11) is 1.27. The van der Waals surface area contributed by atoms with Crippen molar-refractivity contribution < 1.29 is 14.3 Å². The van der Waals surface area contributed by atoms with Crippen LogP contribution in [0.25, 0.3) is 0 Å². The predicted octanol–water partition coefficient (Wildman–Crippen LogP) is 2.35. The maximum Gasteiger partial charge on any atom is 0.509 e. The summed E-state index contributed by atoms with van der Waals surface area (Å²) in [5.74, 6) is 2.40. The standard InChI is InChI=1S/C10H16O3/c1-4-6-7-8-9(5-2)13-10(11)12-3/h2,9H,4,6-8H2,1,3H3/t9-/m0/s1. The third kappa shape index (κ3) is 6.03. The van der Waals surface area contributed by atoms with Crippen LogP contribution < -0.4 is 0 Å². The average molecular weight is 184 g/mol. The van der Waals surface area contributed by atoms with E-state index in [-0.39, 0.29) is 0 Å². The molecule has 0 heterocycles. The molecule has 0 aliphatic heterocycles. The number of terminal acetylenes is 1. The molecule has 0 saturated heterocycles. The summed E-state index contributed by atoms with van der Waals surface area (Å²) in [6.45, 7) is 2.10. The lowest BCUT2D eigenvalue weighted by molar-refractivity contribution is 0.0522. The first-order valence-electron chi connectivity index (χ1n) is 4.45. The van der Waals surface area contributed by atoms with Gasteiger partial charge in [-0.25, -0.2) is 4.79 Å². The maximum atomic E-state index is 10.7. The van der Waals surface area contributed by atoms with E-state index >= 15 is 0 Å². The molecule has 0 aliphatic rings. The third-order valence-electron chi connectivity index (χ3n) is 1.66. The lowest BCUT2D eigenvalue weighted by Crippen LogP contribution is -2.16. The smallest absolute Gasteiger partial charge is 0.438 e. The summed E-state index contributed by atoms with van der Waals surface area (Å²) >= 11 is 0. The number of carbonyl (C=O) groups is 1. The van der Waals surface area contributed by atoms with Crippen LogP contribution in [-0.2, 0) is 9.47 Å². The van der Waals surface area contributed by atoms with E-state index in [1.54, 1.807) is 0 Å². The normalized spacial score (nSPS) is 11.5. The second-order valence-corrected chi connectivity index (χ2v) is 2.72. The summed E-state index contributed by atoms with van der Waals surface area (Å²) in [4.78, 5) is 10.7. The molecule has 0 saturated carbocycles.